The van der Waals surface area contributed by atoms with E-state index in [2.05, 4.69) is 21.2 Å². The van der Waals surface area contributed by atoms with Gasteiger partial charge in [0.2, 0.25) is 5.91 Å². The summed E-state index contributed by atoms with van der Waals surface area (Å²) in [6, 6.07) is 4.96. The summed E-state index contributed by atoms with van der Waals surface area (Å²) in [5, 5.41) is 2.63. The molecule has 0 atom stereocenters. The Kier molecular flexibility index (Phi) is 3.99. The van der Waals surface area contributed by atoms with Gasteiger partial charge in [-0.1, -0.05) is 15.9 Å². The molecule has 1 aliphatic heterocycles. The Labute approximate surface area is 119 Å². The predicted octanol–water partition coefficient (Wildman–Crippen LogP) is 1.57. The molecule has 1 aliphatic rings. The van der Waals surface area contributed by atoms with E-state index >= 15 is 0 Å². The van der Waals surface area contributed by atoms with Gasteiger partial charge in [0.15, 0.2) is 0 Å². The van der Waals surface area contributed by atoms with Crippen molar-refractivity contribution in [1.29, 1.82) is 0 Å². The van der Waals surface area contributed by atoms with E-state index in [0.29, 0.717) is 17.7 Å². The highest BCUT2D eigenvalue weighted by atomic mass is 79.9. The van der Waals surface area contributed by atoms with E-state index < -0.39 is 0 Å². The Hall–Kier alpha value is -1.69. The molecule has 0 saturated carbocycles. The number of amides is 3. The summed E-state index contributed by atoms with van der Waals surface area (Å²) in [7, 11) is 0. The largest absolute Gasteiger partial charge is 0.356 e. The molecule has 0 aliphatic carbocycles. The van der Waals surface area contributed by atoms with Crippen molar-refractivity contribution in [3.63, 3.8) is 0 Å². The average molecular weight is 325 g/mol. The molecule has 0 saturated heterocycles. The quantitative estimate of drug-likeness (QED) is 0.855. The van der Waals surface area contributed by atoms with Gasteiger partial charge in [-0.05, 0) is 25.1 Å². The van der Waals surface area contributed by atoms with Crippen LogP contribution >= 0.6 is 15.9 Å². The number of hydrogen-bond donors (Lipinski definition) is 1. The van der Waals surface area contributed by atoms with Crippen LogP contribution in [0.1, 0.15) is 34.1 Å². The van der Waals surface area contributed by atoms with Gasteiger partial charge in [-0.2, -0.15) is 0 Å². The number of nitrogens with one attached hydrogen (secondary N) is 1. The van der Waals surface area contributed by atoms with E-state index in [9.17, 15) is 14.4 Å². The smallest absolute Gasteiger partial charge is 0.261 e. The molecule has 2 rings (SSSR count). The lowest BCUT2D eigenvalue weighted by Gasteiger charge is -2.13. The molecule has 1 aromatic rings. The van der Waals surface area contributed by atoms with Crippen molar-refractivity contribution in [2.75, 3.05) is 13.1 Å². The highest BCUT2D eigenvalue weighted by Crippen LogP contribution is 2.25. The van der Waals surface area contributed by atoms with E-state index in [1.54, 1.807) is 18.2 Å². The van der Waals surface area contributed by atoms with E-state index in [4.69, 9.17) is 0 Å². The topological polar surface area (TPSA) is 66.5 Å². The van der Waals surface area contributed by atoms with Gasteiger partial charge in [0.1, 0.15) is 0 Å². The number of benzene rings is 1. The first-order valence-electron chi connectivity index (χ1n) is 5.97. The van der Waals surface area contributed by atoms with E-state index in [0.717, 1.165) is 9.37 Å². The number of rotatable bonds is 4. The molecule has 0 unspecified atom stereocenters. The molecule has 0 spiro atoms. The molecule has 6 heteroatoms. The molecule has 5 nitrogen and oxygen atoms in total. The number of fused-ring (bicyclic) bond motifs is 1. The Balaban J connectivity index is 2.12. The second kappa shape index (κ2) is 5.52. The first kappa shape index (κ1) is 13.7. The average Bonchev–Trinajstić information content (AvgIpc) is 2.60. The fraction of sp³-hybridized carbons (Fsp3) is 0.308. The van der Waals surface area contributed by atoms with Gasteiger partial charge < -0.3 is 5.32 Å². The minimum absolute atomic E-state index is 0.107. The lowest BCUT2D eigenvalue weighted by molar-refractivity contribution is -0.121. The standard InChI is InChI=1S/C13H13BrN2O3/c1-2-15-11(17)5-6-16-12(18)9-4-3-8(14)7-10(9)13(16)19/h3-4,7H,2,5-6H2,1H3,(H,15,17). The maximum absolute atomic E-state index is 12.1. The first-order valence-corrected chi connectivity index (χ1v) is 6.76. The predicted molar refractivity (Wildman–Crippen MR) is 72.8 cm³/mol. The van der Waals surface area contributed by atoms with Gasteiger partial charge in [0.05, 0.1) is 11.1 Å². The molecular weight excluding hydrogens is 312 g/mol. The van der Waals surface area contributed by atoms with Crippen LogP contribution in [0.5, 0.6) is 0 Å². The second-order valence-corrected chi connectivity index (χ2v) is 5.07. The van der Waals surface area contributed by atoms with Crippen molar-refractivity contribution >= 4 is 33.7 Å². The van der Waals surface area contributed by atoms with Crippen molar-refractivity contribution in [2.45, 2.75) is 13.3 Å². The van der Waals surface area contributed by atoms with Crippen LogP contribution in [0.3, 0.4) is 0 Å². The minimum Gasteiger partial charge on any atom is -0.356 e. The summed E-state index contributed by atoms with van der Waals surface area (Å²) in [5.74, 6) is -0.845. The molecule has 0 bridgehead atoms. The van der Waals surface area contributed by atoms with Crippen molar-refractivity contribution in [1.82, 2.24) is 10.2 Å². The third kappa shape index (κ3) is 2.68. The van der Waals surface area contributed by atoms with Gasteiger partial charge in [-0.15, -0.1) is 0 Å². The zero-order valence-electron chi connectivity index (χ0n) is 10.4. The number of halogens is 1. The number of carbonyl (C=O) groups excluding carboxylic acids is 3. The van der Waals surface area contributed by atoms with Gasteiger partial charge in [-0.3, -0.25) is 19.3 Å². The third-order valence-corrected chi connectivity index (χ3v) is 3.36. The van der Waals surface area contributed by atoms with Crippen LogP contribution in [0.2, 0.25) is 0 Å². The summed E-state index contributed by atoms with van der Waals surface area (Å²) in [4.78, 5) is 36.6. The van der Waals surface area contributed by atoms with Crippen LogP contribution in [-0.2, 0) is 4.79 Å². The Morgan fingerprint density at radius 3 is 2.63 bits per heavy atom. The molecule has 19 heavy (non-hydrogen) atoms. The summed E-state index contributed by atoms with van der Waals surface area (Å²) in [6.07, 6.45) is 0.125. The summed E-state index contributed by atoms with van der Waals surface area (Å²) in [5.41, 5.74) is 0.777. The molecule has 0 aromatic heterocycles. The van der Waals surface area contributed by atoms with Gasteiger partial charge >= 0.3 is 0 Å². The first-order chi connectivity index (χ1) is 9.04. The minimum atomic E-state index is -0.342. The zero-order chi connectivity index (χ0) is 14.0. The number of hydrogen-bond acceptors (Lipinski definition) is 3. The van der Waals surface area contributed by atoms with Crippen LogP contribution in [0, 0.1) is 0 Å². The van der Waals surface area contributed by atoms with E-state index in [1.165, 1.54) is 0 Å². The third-order valence-electron chi connectivity index (χ3n) is 2.87. The van der Waals surface area contributed by atoms with Gasteiger partial charge in [0.25, 0.3) is 11.8 Å². The number of carbonyl (C=O) groups is 3. The van der Waals surface area contributed by atoms with Crippen LogP contribution in [0.15, 0.2) is 22.7 Å². The van der Waals surface area contributed by atoms with Gasteiger partial charge in [-0.25, -0.2) is 0 Å². The highest BCUT2D eigenvalue weighted by molar-refractivity contribution is 9.10. The van der Waals surface area contributed by atoms with Crippen molar-refractivity contribution in [2.24, 2.45) is 0 Å². The fourth-order valence-corrected chi connectivity index (χ4v) is 2.33. The van der Waals surface area contributed by atoms with Gasteiger partial charge in [0, 0.05) is 24.0 Å². The van der Waals surface area contributed by atoms with E-state index in [1.807, 2.05) is 6.92 Å². The van der Waals surface area contributed by atoms with E-state index in [-0.39, 0.29) is 30.7 Å². The SMILES string of the molecule is CCNC(=O)CCN1C(=O)c2ccc(Br)cc2C1=O. The summed E-state index contributed by atoms with van der Waals surface area (Å²) in [6.45, 7) is 2.46. The molecule has 1 N–H and O–H groups in total. The monoisotopic (exact) mass is 324 g/mol. The fourth-order valence-electron chi connectivity index (χ4n) is 1.96. The Morgan fingerprint density at radius 2 is 1.95 bits per heavy atom. The summed E-state index contributed by atoms with van der Waals surface area (Å²) < 4.78 is 0.748. The maximum atomic E-state index is 12.1. The zero-order valence-corrected chi connectivity index (χ0v) is 12.0. The molecular formula is C13H13BrN2O3. The molecule has 3 amide bonds. The number of imide groups is 1. The second-order valence-electron chi connectivity index (χ2n) is 4.16. The Morgan fingerprint density at radius 1 is 1.26 bits per heavy atom. The lowest BCUT2D eigenvalue weighted by Crippen LogP contribution is -2.34. The normalized spacial score (nSPS) is 13.7. The molecule has 1 aromatic carbocycles. The van der Waals surface area contributed by atoms with Crippen LogP contribution in [0.25, 0.3) is 0 Å². The lowest BCUT2D eigenvalue weighted by atomic mass is 10.1. The molecule has 0 radical (unpaired) electrons. The maximum Gasteiger partial charge on any atom is 0.261 e. The van der Waals surface area contributed by atoms with Crippen molar-refractivity contribution < 1.29 is 14.4 Å². The van der Waals surface area contributed by atoms with Crippen molar-refractivity contribution in [3.05, 3.63) is 33.8 Å². The molecule has 100 valence electrons. The Bertz CT molecular complexity index is 557. The molecule has 1 heterocycles. The highest BCUT2D eigenvalue weighted by Gasteiger charge is 2.35. The van der Waals surface area contributed by atoms with Crippen LogP contribution in [0.4, 0.5) is 0 Å². The molecule has 0 fully saturated rings. The van der Waals surface area contributed by atoms with Crippen LogP contribution < -0.4 is 5.32 Å². The number of nitrogens with zero attached hydrogens (tertiary/aromatic N) is 1. The summed E-state index contributed by atoms with van der Waals surface area (Å²) >= 11 is 3.27. The van der Waals surface area contributed by atoms with Crippen molar-refractivity contribution in [3.8, 4) is 0 Å². The van der Waals surface area contributed by atoms with Crippen LogP contribution in [-0.4, -0.2) is 35.7 Å².